The first-order chi connectivity index (χ1) is 11.5. The molecule has 1 aromatic carbocycles. The molecule has 0 saturated carbocycles. The van der Waals surface area contributed by atoms with E-state index in [0.717, 1.165) is 32.0 Å². The number of hydrogen-bond donors (Lipinski definition) is 1. The van der Waals surface area contributed by atoms with E-state index in [1.807, 2.05) is 0 Å². The minimum Gasteiger partial charge on any atom is -0.497 e. The van der Waals surface area contributed by atoms with Crippen molar-refractivity contribution in [3.63, 3.8) is 0 Å². The zero-order valence-electron chi connectivity index (χ0n) is 14.7. The van der Waals surface area contributed by atoms with E-state index < -0.39 is 10.0 Å². The van der Waals surface area contributed by atoms with Crippen molar-refractivity contribution in [3.05, 3.63) is 18.2 Å². The average molecular weight is 356 g/mol. The number of nitrogens with zero attached hydrogens (tertiary/aromatic N) is 1. The van der Waals surface area contributed by atoms with Crippen LogP contribution in [0.3, 0.4) is 0 Å². The van der Waals surface area contributed by atoms with Crippen LogP contribution in [-0.4, -0.2) is 53.7 Å². The van der Waals surface area contributed by atoms with E-state index in [4.69, 9.17) is 9.47 Å². The van der Waals surface area contributed by atoms with Gasteiger partial charge in [-0.25, -0.2) is 13.1 Å². The van der Waals surface area contributed by atoms with E-state index in [1.54, 1.807) is 12.1 Å². The highest BCUT2D eigenvalue weighted by Crippen LogP contribution is 2.27. The number of benzene rings is 1. The van der Waals surface area contributed by atoms with Gasteiger partial charge >= 0.3 is 0 Å². The maximum absolute atomic E-state index is 12.5. The van der Waals surface area contributed by atoms with E-state index in [9.17, 15) is 8.42 Å². The maximum atomic E-state index is 12.5. The zero-order chi connectivity index (χ0) is 17.6. The molecule has 1 aromatic rings. The molecule has 0 unspecified atom stereocenters. The molecule has 136 valence electrons. The Morgan fingerprint density at radius 3 is 2.54 bits per heavy atom. The molecule has 0 aromatic heterocycles. The second-order valence-corrected chi connectivity index (χ2v) is 8.03. The molecule has 2 rings (SSSR count). The normalized spacial score (nSPS) is 17.0. The topological polar surface area (TPSA) is 67.9 Å². The number of piperidine rings is 1. The van der Waals surface area contributed by atoms with Gasteiger partial charge in [-0.1, -0.05) is 6.92 Å². The predicted molar refractivity (Wildman–Crippen MR) is 94.2 cm³/mol. The molecular formula is C17H28N2O4S. The van der Waals surface area contributed by atoms with Crippen LogP contribution in [0.5, 0.6) is 11.5 Å². The Bertz CT molecular complexity index is 625. The van der Waals surface area contributed by atoms with Gasteiger partial charge in [-0.3, -0.25) is 0 Å². The largest absolute Gasteiger partial charge is 0.497 e. The number of hydrogen-bond acceptors (Lipinski definition) is 5. The van der Waals surface area contributed by atoms with Gasteiger partial charge in [-0.15, -0.1) is 0 Å². The van der Waals surface area contributed by atoms with Crippen LogP contribution in [0.25, 0.3) is 0 Å². The van der Waals surface area contributed by atoms with Crippen LogP contribution in [0, 0.1) is 5.92 Å². The lowest BCUT2D eigenvalue weighted by molar-refractivity contribution is 0.191. The summed E-state index contributed by atoms with van der Waals surface area (Å²) < 4.78 is 38.0. The third-order valence-electron chi connectivity index (χ3n) is 4.48. The third-order valence-corrected chi connectivity index (χ3v) is 5.96. The summed E-state index contributed by atoms with van der Waals surface area (Å²) in [5, 5.41) is 0. The van der Waals surface area contributed by atoms with Gasteiger partial charge < -0.3 is 14.4 Å². The van der Waals surface area contributed by atoms with Crippen molar-refractivity contribution < 1.29 is 17.9 Å². The third kappa shape index (κ3) is 5.09. The molecule has 6 nitrogen and oxygen atoms in total. The Hall–Kier alpha value is -1.31. The molecule has 0 amide bonds. The molecule has 0 atom stereocenters. The summed E-state index contributed by atoms with van der Waals surface area (Å²) in [4.78, 5) is 2.51. The van der Waals surface area contributed by atoms with Crippen LogP contribution < -0.4 is 14.2 Å². The predicted octanol–water partition coefficient (Wildman–Crippen LogP) is 2.10. The summed E-state index contributed by atoms with van der Waals surface area (Å²) in [6.45, 7) is 5.83. The highest BCUT2D eigenvalue weighted by molar-refractivity contribution is 7.89. The Morgan fingerprint density at radius 2 is 1.92 bits per heavy atom. The van der Waals surface area contributed by atoms with Crippen LogP contribution >= 0.6 is 0 Å². The maximum Gasteiger partial charge on any atom is 0.244 e. The smallest absolute Gasteiger partial charge is 0.244 e. The van der Waals surface area contributed by atoms with Crippen molar-refractivity contribution in [2.24, 2.45) is 5.92 Å². The molecule has 1 aliphatic heterocycles. The summed E-state index contributed by atoms with van der Waals surface area (Å²) in [5.41, 5.74) is 0. The van der Waals surface area contributed by atoms with Crippen molar-refractivity contribution >= 4 is 10.0 Å². The second-order valence-electron chi connectivity index (χ2n) is 6.29. The van der Waals surface area contributed by atoms with Crippen molar-refractivity contribution in [1.29, 1.82) is 0 Å². The van der Waals surface area contributed by atoms with Crippen molar-refractivity contribution in [1.82, 2.24) is 9.62 Å². The number of ether oxygens (including phenoxy) is 2. The molecule has 24 heavy (non-hydrogen) atoms. The summed E-state index contributed by atoms with van der Waals surface area (Å²) in [6.07, 6.45) is 3.25. The molecular weight excluding hydrogens is 328 g/mol. The molecule has 0 spiro atoms. The summed E-state index contributed by atoms with van der Waals surface area (Å²) in [5.74, 6) is 1.60. The zero-order valence-corrected chi connectivity index (χ0v) is 15.6. The average Bonchev–Trinajstić information content (AvgIpc) is 2.59. The minimum atomic E-state index is -3.62. The second kappa shape index (κ2) is 8.69. The lowest BCUT2D eigenvalue weighted by Crippen LogP contribution is -2.35. The fourth-order valence-electron chi connectivity index (χ4n) is 2.87. The molecule has 1 fully saturated rings. The number of likely N-dealkylation sites (tertiary alicyclic amines) is 1. The first-order valence-electron chi connectivity index (χ1n) is 8.40. The van der Waals surface area contributed by atoms with Gasteiger partial charge in [-0.05, 0) is 56.9 Å². The quantitative estimate of drug-likeness (QED) is 0.723. The Balaban J connectivity index is 1.89. The first-order valence-corrected chi connectivity index (χ1v) is 9.88. The molecule has 0 aliphatic carbocycles. The lowest BCUT2D eigenvalue weighted by Gasteiger charge is -2.30. The van der Waals surface area contributed by atoms with Gasteiger partial charge in [0.2, 0.25) is 10.0 Å². The van der Waals surface area contributed by atoms with Crippen LogP contribution in [-0.2, 0) is 10.0 Å². The number of methoxy groups -OCH3 is 2. The molecule has 1 N–H and O–H groups in total. The van der Waals surface area contributed by atoms with Gasteiger partial charge in [0.05, 0.1) is 14.2 Å². The van der Waals surface area contributed by atoms with Crippen molar-refractivity contribution in [2.75, 3.05) is 40.4 Å². The monoisotopic (exact) mass is 356 g/mol. The van der Waals surface area contributed by atoms with Gasteiger partial charge in [0, 0.05) is 12.6 Å². The Labute approximate surface area is 145 Å². The first kappa shape index (κ1) is 19.0. The fraction of sp³-hybridized carbons (Fsp3) is 0.647. The Kier molecular flexibility index (Phi) is 6.89. The van der Waals surface area contributed by atoms with E-state index in [-0.39, 0.29) is 4.90 Å². The number of sulfonamides is 1. The number of rotatable bonds is 8. The molecule has 1 saturated heterocycles. The van der Waals surface area contributed by atoms with Crippen LogP contribution in [0.2, 0.25) is 0 Å². The summed E-state index contributed by atoms with van der Waals surface area (Å²) in [6, 6.07) is 4.75. The molecule has 0 radical (unpaired) electrons. The fourth-order valence-corrected chi connectivity index (χ4v) is 4.12. The van der Waals surface area contributed by atoms with E-state index in [0.29, 0.717) is 18.0 Å². The number of nitrogens with one attached hydrogen (secondary N) is 1. The molecule has 1 heterocycles. The van der Waals surface area contributed by atoms with E-state index in [1.165, 1.54) is 33.1 Å². The van der Waals surface area contributed by atoms with Crippen molar-refractivity contribution in [3.8, 4) is 11.5 Å². The lowest BCUT2D eigenvalue weighted by atomic mass is 9.99. The molecule has 7 heteroatoms. The Morgan fingerprint density at radius 1 is 1.21 bits per heavy atom. The van der Waals surface area contributed by atoms with Crippen LogP contribution in [0.15, 0.2) is 23.1 Å². The van der Waals surface area contributed by atoms with Gasteiger partial charge in [-0.2, -0.15) is 0 Å². The highest BCUT2D eigenvalue weighted by atomic mass is 32.2. The summed E-state index contributed by atoms with van der Waals surface area (Å²) >= 11 is 0. The van der Waals surface area contributed by atoms with Gasteiger partial charge in [0.1, 0.15) is 16.4 Å². The standard InChI is InChI=1S/C17H28N2O4S/c1-14-7-11-19(12-8-14)10-4-9-18-24(20,21)17-13-15(22-2)5-6-16(17)23-3/h5-6,13-14,18H,4,7-12H2,1-3H3. The van der Waals surface area contributed by atoms with Crippen LogP contribution in [0.1, 0.15) is 26.2 Å². The van der Waals surface area contributed by atoms with E-state index >= 15 is 0 Å². The highest BCUT2D eigenvalue weighted by Gasteiger charge is 2.20. The van der Waals surface area contributed by atoms with Gasteiger partial charge in [0.15, 0.2) is 0 Å². The van der Waals surface area contributed by atoms with Crippen LogP contribution in [0.4, 0.5) is 0 Å². The minimum absolute atomic E-state index is 0.108. The molecule has 0 bridgehead atoms. The molecule has 1 aliphatic rings. The van der Waals surface area contributed by atoms with E-state index in [2.05, 4.69) is 16.5 Å². The SMILES string of the molecule is COc1ccc(OC)c(S(=O)(=O)NCCCN2CCC(C)CC2)c1. The van der Waals surface area contributed by atoms with Gasteiger partial charge in [0.25, 0.3) is 0 Å². The van der Waals surface area contributed by atoms with Crippen molar-refractivity contribution in [2.45, 2.75) is 31.1 Å². The summed E-state index contributed by atoms with van der Waals surface area (Å²) in [7, 11) is -0.659.